The predicted molar refractivity (Wildman–Crippen MR) is 67.2 cm³/mol. The average molecular weight is 250 g/mol. The molecule has 2 aromatic heterocycles. The van der Waals surface area contributed by atoms with Gasteiger partial charge in [0, 0.05) is 17.5 Å². The van der Waals surface area contributed by atoms with E-state index in [2.05, 4.69) is 15.0 Å². The number of nitrogens with one attached hydrogen (secondary N) is 1. The van der Waals surface area contributed by atoms with E-state index in [4.69, 9.17) is 11.6 Å². The second-order valence-corrected chi connectivity index (χ2v) is 4.07. The predicted octanol–water partition coefficient (Wildman–Crippen LogP) is 2.36. The first kappa shape index (κ1) is 11.8. The Labute approximate surface area is 104 Å². The summed E-state index contributed by atoms with van der Waals surface area (Å²) in [6, 6.07) is 3.45. The van der Waals surface area contributed by atoms with Crippen molar-refractivity contribution in [1.29, 1.82) is 0 Å². The topological polar surface area (TPSA) is 58.6 Å². The van der Waals surface area contributed by atoms with E-state index in [-0.39, 0.29) is 5.56 Å². The molecule has 0 aliphatic rings. The lowest BCUT2D eigenvalue weighted by Crippen LogP contribution is -2.17. The minimum atomic E-state index is -0.128. The molecule has 17 heavy (non-hydrogen) atoms. The third-order valence-electron chi connectivity index (χ3n) is 2.56. The number of aryl methyl sites for hydroxylation is 1. The van der Waals surface area contributed by atoms with Crippen molar-refractivity contribution in [1.82, 2.24) is 15.0 Å². The van der Waals surface area contributed by atoms with Crippen molar-refractivity contribution in [3.63, 3.8) is 0 Å². The van der Waals surface area contributed by atoms with Gasteiger partial charge in [-0.3, -0.25) is 9.78 Å². The maximum absolute atomic E-state index is 11.8. The normalized spacial score (nSPS) is 10.5. The maximum atomic E-state index is 11.8. The molecule has 0 atom stereocenters. The number of halogens is 1. The first-order valence-electron chi connectivity index (χ1n) is 5.34. The summed E-state index contributed by atoms with van der Waals surface area (Å²) in [4.78, 5) is 23.0. The summed E-state index contributed by atoms with van der Waals surface area (Å²) in [5, 5.41) is 0.472. The van der Waals surface area contributed by atoms with Crippen molar-refractivity contribution in [2.45, 2.75) is 20.3 Å². The standard InChI is InChI=1S/C12H12ClN3O/c1-3-8-7(2)15-11(16-12(8)17)10-9(13)5-4-6-14-10/h4-6H,3H2,1-2H3,(H,15,16,17). The second-order valence-electron chi connectivity index (χ2n) is 3.67. The van der Waals surface area contributed by atoms with Gasteiger partial charge in [0.25, 0.3) is 5.56 Å². The molecule has 2 rings (SSSR count). The number of nitrogens with zero attached hydrogens (tertiary/aromatic N) is 2. The number of hydrogen-bond acceptors (Lipinski definition) is 3. The summed E-state index contributed by atoms with van der Waals surface area (Å²) in [5.41, 5.74) is 1.78. The zero-order chi connectivity index (χ0) is 12.4. The van der Waals surface area contributed by atoms with Crippen LogP contribution in [0.2, 0.25) is 5.02 Å². The fraction of sp³-hybridized carbons (Fsp3) is 0.250. The molecule has 0 saturated carbocycles. The minimum Gasteiger partial charge on any atom is -0.305 e. The molecule has 5 heteroatoms. The molecule has 1 N–H and O–H groups in total. The number of rotatable bonds is 2. The summed E-state index contributed by atoms with van der Waals surface area (Å²) in [7, 11) is 0. The Morgan fingerprint density at radius 3 is 2.82 bits per heavy atom. The molecule has 0 aliphatic heterocycles. The van der Waals surface area contributed by atoms with Crippen LogP contribution >= 0.6 is 11.6 Å². The lowest BCUT2D eigenvalue weighted by Gasteiger charge is -2.06. The van der Waals surface area contributed by atoms with Crippen LogP contribution in [0.4, 0.5) is 0 Å². The van der Waals surface area contributed by atoms with Gasteiger partial charge in [0.15, 0.2) is 5.82 Å². The molecule has 2 heterocycles. The highest BCUT2D eigenvalue weighted by Crippen LogP contribution is 2.21. The number of hydrogen-bond donors (Lipinski definition) is 1. The highest BCUT2D eigenvalue weighted by Gasteiger charge is 2.11. The van der Waals surface area contributed by atoms with Gasteiger partial charge in [0.1, 0.15) is 5.69 Å². The molecule has 2 aromatic rings. The third kappa shape index (κ3) is 2.22. The maximum Gasteiger partial charge on any atom is 0.254 e. The van der Waals surface area contributed by atoms with E-state index in [0.717, 1.165) is 0 Å². The molecule has 0 radical (unpaired) electrons. The van der Waals surface area contributed by atoms with E-state index < -0.39 is 0 Å². The van der Waals surface area contributed by atoms with Gasteiger partial charge in [-0.25, -0.2) is 4.98 Å². The molecular formula is C12H12ClN3O. The second kappa shape index (κ2) is 4.67. The fourth-order valence-corrected chi connectivity index (χ4v) is 1.91. The average Bonchev–Trinajstić information content (AvgIpc) is 2.29. The van der Waals surface area contributed by atoms with Crippen LogP contribution in [-0.4, -0.2) is 15.0 Å². The quantitative estimate of drug-likeness (QED) is 0.889. The molecule has 0 fully saturated rings. The van der Waals surface area contributed by atoms with E-state index in [0.29, 0.717) is 34.2 Å². The van der Waals surface area contributed by atoms with Crippen molar-refractivity contribution in [3.8, 4) is 11.5 Å². The molecule has 0 aromatic carbocycles. The molecule has 0 amide bonds. The number of pyridine rings is 1. The molecule has 88 valence electrons. The largest absolute Gasteiger partial charge is 0.305 e. The van der Waals surface area contributed by atoms with Crippen LogP contribution in [-0.2, 0) is 6.42 Å². The van der Waals surface area contributed by atoms with Gasteiger partial charge in [-0.1, -0.05) is 18.5 Å². The molecule has 0 aliphatic carbocycles. The Hall–Kier alpha value is -1.68. The highest BCUT2D eigenvalue weighted by molar-refractivity contribution is 6.32. The number of H-pyrrole nitrogens is 1. The number of aromatic nitrogens is 3. The van der Waals surface area contributed by atoms with E-state index >= 15 is 0 Å². The Kier molecular flexibility index (Phi) is 3.24. The van der Waals surface area contributed by atoms with Gasteiger partial charge in [-0.05, 0) is 25.5 Å². The number of aromatic amines is 1. The molecule has 0 unspecified atom stereocenters. The zero-order valence-electron chi connectivity index (χ0n) is 9.62. The van der Waals surface area contributed by atoms with Crippen LogP contribution in [0.5, 0.6) is 0 Å². The van der Waals surface area contributed by atoms with Crippen LogP contribution in [0, 0.1) is 6.92 Å². The van der Waals surface area contributed by atoms with Crippen molar-refractivity contribution in [2.24, 2.45) is 0 Å². The fourth-order valence-electron chi connectivity index (χ4n) is 1.70. The Morgan fingerprint density at radius 2 is 2.24 bits per heavy atom. The van der Waals surface area contributed by atoms with Crippen LogP contribution in [0.25, 0.3) is 11.5 Å². The zero-order valence-corrected chi connectivity index (χ0v) is 10.4. The highest BCUT2D eigenvalue weighted by atomic mass is 35.5. The van der Waals surface area contributed by atoms with E-state index in [1.165, 1.54) is 0 Å². The minimum absolute atomic E-state index is 0.128. The van der Waals surface area contributed by atoms with Crippen LogP contribution in [0.15, 0.2) is 23.1 Å². The van der Waals surface area contributed by atoms with Gasteiger partial charge >= 0.3 is 0 Å². The van der Waals surface area contributed by atoms with Gasteiger partial charge in [0.05, 0.1) is 5.02 Å². The first-order chi connectivity index (χ1) is 8.13. The molecule has 0 bridgehead atoms. The van der Waals surface area contributed by atoms with E-state index in [1.807, 2.05) is 13.8 Å². The summed E-state index contributed by atoms with van der Waals surface area (Å²) in [6.07, 6.45) is 2.27. The first-order valence-corrected chi connectivity index (χ1v) is 5.72. The molecule has 0 saturated heterocycles. The lowest BCUT2D eigenvalue weighted by atomic mass is 10.2. The van der Waals surface area contributed by atoms with Crippen LogP contribution in [0.1, 0.15) is 18.2 Å². The van der Waals surface area contributed by atoms with Crippen molar-refractivity contribution >= 4 is 11.6 Å². The third-order valence-corrected chi connectivity index (χ3v) is 2.86. The molecule has 4 nitrogen and oxygen atoms in total. The van der Waals surface area contributed by atoms with Gasteiger partial charge in [0.2, 0.25) is 0 Å². The smallest absolute Gasteiger partial charge is 0.254 e. The molecular weight excluding hydrogens is 238 g/mol. The van der Waals surface area contributed by atoms with Gasteiger partial charge in [-0.15, -0.1) is 0 Å². The summed E-state index contributed by atoms with van der Waals surface area (Å²) < 4.78 is 0. The Bertz CT molecular complexity index is 607. The Balaban J connectivity index is 2.63. The van der Waals surface area contributed by atoms with Crippen molar-refractivity contribution in [3.05, 3.63) is 45.0 Å². The van der Waals surface area contributed by atoms with Gasteiger partial charge in [-0.2, -0.15) is 0 Å². The van der Waals surface area contributed by atoms with Crippen molar-refractivity contribution in [2.75, 3.05) is 0 Å². The Morgan fingerprint density at radius 1 is 1.47 bits per heavy atom. The lowest BCUT2D eigenvalue weighted by molar-refractivity contribution is 0.962. The monoisotopic (exact) mass is 249 g/mol. The molecule has 0 spiro atoms. The van der Waals surface area contributed by atoms with E-state index in [9.17, 15) is 4.79 Å². The van der Waals surface area contributed by atoms with Crippen molar-refractivity contribution < 1.29 is 0 Å². The van der Waals surface area contributed by atoms with Crippen LogP contribution in [0.3, 0.4) is 0 Å². The SMILES string of the molecule is CCc1c(C)nc(-c2ncccc2Cl)[nH]c1=O. The summed E-state index contributed by atoms with van der Waals surface area (Å²) in [6.45, 7) is 3.74. The van der Waals surface area contributed by atoms with Gasteiger partial charge < -0.3 is 4.98 Å². The summed E-state index contributed by atoms with van der Waals surface area (Å²) >= 11 is 6.01. The van der Waals surface area contributed by atoms with Crippen LogP contribution < -0.4 is 5.56 Å². The van der Waals surface area contributed by atoms with E-state index in [1.54, 1.807) is 18.3 Å². The summed E-state index contributed by atoms with van der Waals surface area (Å²) in [5.74, 6) is 0.412.